The topological polar surface area (TPSA) is 80.4 Å². The highest BCUT2D eigenvalue weighted by Crippen LogP contribution is 2.26. The summed E-state index contributed by atoms with van der Waals surface area (Å²) >= 11 is 0. The molecule has 0 radical (unpaired) electrons. The molecule has 1 N–H and O–H groups in total. The van der Waals surface area contributed by atoms with Crippen LogP contribution in [0.5, 0.6) is 0 Å². The summed E-state index contributed by atoms with van der Waals surface area (Å²) in [6, 6.07) is 18.9. The van der Waals surface area contributed by atoms with Gasteiger partial charge >= 0.3 is 0 Å². The number of para-hydroxylation sites is 1. The summed E-state index contributed by atoms with van der Waals surface area (Å²) < 4.78 is 20.5. The fraction of sp³-hybridized carbons (Fsp3) is 0.192. The van der Waals surface area contributed by atoms with Crippen molar-refractivity contribution in [1.29, 1.82) is 0 Å². The van der Waals surface area contributed by atoms with Gasteiger partial charge in [-0.15, -0.1) is 0 Å². The number of halogens is 1. The molecular weight excluding hydrogens is 435 g/mol. The lowest BCUT2D eigenvalue weighted by molar-refractivity contribution is -0.121. The van der Waals surface area contributed by atoms with E-state index in [4.69, 9.17) is 4.42 Å². The third kappa shape index (κ3) is 5.23. The van der Waals surface area contributed by atoms with E-state index < -0.39 is 0 Å². The minimum absolute atomic E-state index is 0.121. The first-order valence-electron chi connectivity index (χ1n) is 11.0. The van der Waals surface area contributed by atoms with Crippen LogP contribution in [0.1, 0.15) is 28.6 Å². The standard InChI is InChI=1S/C26H25FN4O3/c1-3-30(17-24(32)28-15-19-10-12-20(27)13-11-19)26(33)22-16-31(21-7-5-4-6-8-21)29-25(22)23-14-9-18(2)34-23/h4-14,16H,3,15,17H2,1-2H3,(H,28,32). The molecular formula is C26H25FN4O3. The molecule has 0 saturated carbocycles. The van der Waals surface area contributed by atoms with Gasteiger partial charge < -0.3 is 14.6 Å². The third-order valence-corrected chi connectivity index (χ3v) is 5.35. The van der Waals surface area contributed by atoms with Crippen molar-refractivity contribution >= 4 is 11.8 Å². The number of likely N-dealkylation sites (N-methyl/N-ethyl adjacent to an activating group) is 1. The van der Waals surface area contributed by atoms with Crippen molar-refractivity contribution in [2.45, 2.75) is 20.4 Å². The fourth-order valence-electron chi connectivity index (χ4n) is 3.52. The highest BCUT2D eigenvalue weighted by molar-refractivity contribution is 6.01. The number of nitrogens with one attached hydrogen (secondary N) is 1. The number of furan rings is 1. The maximum atomic E-state index is 13.5. The minimum Gasteiger partial charge on any atom is -0.460 e. The Morgan fingerprint density at radius 1 is 1.06 bits per heavy atom. The normalized spacial score (nSPS) is 10.8. The molecule has 174 valence electrons. The van der Waals surface area contributed by atoms with E-state index in [1.54, 1.807) is 29.1 Å². The van der Waals surface area contributed by atoms with Gasteiger partial charge in [0, 0.05) is 19.3 Å². The first-order valence-corrected chi connectivity index (χ1v) is 11.0. The first kappa shape index (κ1) is 23.0. The number of rotatable bonds is 8. The van der Waals surface area contributed by atoms with E-state index in [0.717, 1.165) is 11.3 Å². The summed E-state index contributed by atoms with van der Waals surface area (Å²) in [7, 11) is 0. The van der Waals surface area contributed by atoms with Crippen molar-refractivity contribution in [1.82, 2.24) is 20.0 Å². The molecule has 0 aliphatic heterocycles. The second-order valence-electron chi connectivity index (χ2n) is 7.80. The molecule has 8 heteroatoms. The molecule has 2 aromatic heterocycles. The number of aryl methyl sites for hydroxylation is 1. The Morgan fingerprint density at radius 2 is 1.79 bits per heavy atom. The van der Waals surface area contributed by atoms with Gasteiger partial charge in [0.05, 0.1) is 17.8 Å². The third-order valence-electron chi connectivity index (χ3n) is 5.35. The molecule has 7 nitrogen and oxygen atoms in total. The van der Waals surface area contributed by atoms with Gasteiger partial charge in [0.25, 0.3) is 5.91 Å². The van der Waals surface area contributed by atoms with E-state index >= 15 is 0 Å². The average Bonchev–Trinajstić information content (AvgIpc) is 3.49. The van der Waals surface area contributed by atoms with Crippen LogP contribution in [0.25, 0.3) is 17.1 Å². The number of nitrogens with zero attached hydrogens (tertiary/aromatic N) is 3. The number of hydrogen-bond donors (Lipinski definition) is 1. The number of hydrogen-bond acceptors (Lipinski definition) is 4. The van der Waals surface area contributed by atoms with E-state index in [1.165, 1.54) is 17.0 Å². The van der Waals surface area contributed by atoms with Crippen molar-refractivity contribution in [3.63, 3.8) is 0 Å². The number of amides is 2. The Hall–Kier alpha value is -4.20. The number of aromatic nitrogens is 2. The Bertz CT molecular complexity index is 1280. The molecule has 0 aliphatic rings. The molecule has 0 bridgehead atoms. The molecule has 0 unspecified atom stereocenters. The summed E-state index contributed by atoms with van der Waals surface area (Å²) in [5.74, 6) is 0.204. The molecule has 2 amide bonds. The van der Waals surface area contributed by atoms with Crippen LogP contribution in [0, 0.1) is 12.7 Å². The van der Waals surface area contributed by atoms with Gasteiger partial charge in [-0.3, -0.25) is 9.59 Å². The summed E-state index contributed by atoms with van der Waals surface area (Å²) in [5, 5.41) is 7.38. The largest absolute Gasteiger partial charge is 0.460 e. The average molecular weight is 461 g/mol. The Kier molecular flexibility index (Phi) is 6.87. The van der Waals surface area contributed by atoms with Crippen LogP contribution in [-0.4, -0.2) is 39.6 Å². The second kappa shape index (κ2) is 10.2. The van der Waals surface area contributed by atoms with E-state index in [1.807, 2.05) is 50.2 Å². The number of carbonyl (C=O) groups excluding carboxylic acids is 2. The monoisotopic (exact) mass is 460 g/mol. The van der Waals surface area contributed by atoms with Crippen molar-refractivity contribution in [2.75, 3.05) is 13.1 Å². The quantitative estimate of drug-likeness (QED) is 0.424. The van der Waals surface area contributed by atoms with E-state index in [-0.39, 0.29) is 30.7 Å². The Labute approximate surface area is 196 Å². The molecule has 0 atom stereocenters. The smallest absolute Gasteiger partial charge is 0.258 e. The highest BCUT2D eigenvalue weighted by atomic mass is 19.1. The Morgan fingerprint density at radius 3 is 2.44 bits per heavy atom. The van der Waals surface area contributed by atoms with Gasteiger partial charge in [0.15, 0.2) is 5.76 Å². The number of benzene rings is 2. The SMILES string of the molecule is CCN(CC(=O)NCc1ccc(F)cc1)C(=O)c1cn(-c2ccccc2)nc1-c1ccc(C)o1. The maximum absolute atomic E-state index is 13.5. The zero-order valence-electron chi connectivity index (χ0n) is 19.0. The first-order chi connectivity index (χ1) is 16.4. The van der Waals surface area contributed by atoms with Crippen molar-refractivity contribution < 1.29 is 18.4 Å². The van der Waals surface area contributed by atoms with Gasteiger partial charge in [0.2, 0.25) is 5.91 Å². The van der Waals surface area contributed by atoms with Crippen LogP contribution in [0.4, 0.5) is 4.39 Å². The summed E-state index contributed by atoms with van der Waals surface area (Å²) in [5.41, 5.74) is 2.31. The van der Waals surface area contributed by atoms with E-state index in [2.05, 4.69) is 10.4 Å². The van der Waals surface area contributed by atoms with Gasteiger partial charge in [0.1, 0.15) is 17.3 Å². The maximum Gasteiger partial charge on any atom is 0.258 e. The lowest BCUT2D eigenvalue weighted by atomic mass is 10.2. The van der Waals surface area contributed by atoms with Crippen LogP contribution in [0.2, 0.25) is 0 Å². The van der Waals surface area contributed by atoms with Gasteiger partial charge in [-0.05, 0) is 55.8 Å². The molecule has 2 aromatic carbocycles. The highest BCUT2D eigenvalue weighted by Gasteiger charge is 2.25. The summed E-state index contributed by atoms with van der Waals surface area (Å²) in [6.45, 7) is 4.08. The molecule has 0 aliphatic carbocycles. The van der Waals surface area contributed by atoms with Crippen molar-refractivity contribution in [3.8, 4) is 17.1 Å². The van der Waals surface area contributed by atoms with E-state index in [0.29, 0.717) is 29.3 Å². The number of carbonyl (C=O) groups is 2. The van der Waals surface area contributed by atoms with Crippen LogP contribution >= 0.6 is 0 Å². The molecule has 0 fully saturated rings. The van der Waals surface area contributed by atoms with Gasteiger partial charge in [-0.2, -0.15) is 5.10 Å². The van der Waals surface area contributed by atoms with Crippen LogP contribution in [0.15, 0.2) is 77.3 Å². The van der Waals surface area contributed by atoms with Crippen LogP contribution in [-0.2, 0) is 11.3 Å². The lowest BCUT2D eigenvalue weighted by Crippen LogP contribution is -2.40. The predicted octanol–water partition coefficient (Wildman–Crippen LogP) is 4.36. The molecule has 0 saturated heterocycles. The molecule has 0 spiro atoms. The molecule has 2 heterocycles. The lowest BCUT2D eigenvalue weighted by Gasteiger charge is -2.20. The molecule has 34 heavy (non-hydrogen) atoms. The molecule has 4 aromatic rings. The second-order valence-corrected chi connectivity index (χ2v) is 7.80. The zero-order chi connectivity index (χ0) is 24.1. The fourth-order valence-corrected chi connectivity index (χ4v) is 3.52. The summed E-state index contributed by atoms with van der Waals surface area (Å²) in [4.78, 5) is 27.5. The van der Waals surface area contributed by atoms with Gasteiger partial charge in [-0.1, -0.05) is 30.3 Å². The van der Waals surface area contributed by atoms with Crippen LogP contribution in [0.3, 0.4) is 0 Å². The van der Waals surface area contributed by atoms with E-state index in [9.17, 15) is 14.0 Å². The summed E-state index contributed by atoms with van der Waals surface area (Å²) in [6.07, 6.45) is 1.66. The van der Waals surface area contributed by atoms with Crippen LogP contribution < -0.4 is 5.32 Å². The van der Waals surface area contributed by atoms with Crippen molar-refractivity contribution in [3.05, 3.63) is 95.6 Å². The molecule has 4 rings (SSSR count). The Balaban J connectivity index is 1.55. The predicted molar refractivity (Wildman–Crippen MR) is 126 cm³/mol. The van der Waals surface area contributed by atoms with Crippen molar-refractivity contribution in [2.24, 2.45) is 0 Å². The zero-order valence-corrected chi connectivity index (χ0v) is 19.0. The minimum atomic E-state index is -0.337. The van der Waals surface area contributed by atoms with Gasteiger partial charge in [-0.25, -0.2) is 9.07 Å².